The van der Waals surface area contributed by atoms with E-state index in [0.29, 0.717) is 0 Å². The lowest BCUT2D eigenvalue weighted by Crippen LogP contribution is -2.17. The largest absolute Gasteiger partial charge is 0.327 e. The van der Waals surface area contributed by atoms with E-state index < -0.39 is 0 Å². The molecule has 0 aliphatic heterocycles. The van der Waals surface area contributed by atoms with Gasteiger partial charge in [0.15, 0.2) is 0 Å². The van der Waals surface area contributed by atoms with Gasteiger partial charge in [0, 0.05) is 24.0 Å². The van der Waals surface area contributed by atoms with Crippen LogP contribution in [0, 0.1) is 5.82 Å². The van der Waals surface area contributed by atoms with Crippen LogP contribution in [-0.2, 0) is 0 Å². The van der Waals surface area contributed by atoms with Gasteiger partial charge in [0.05, 0.1) is 17.6 Å². The first-order chi connectivity index (χ1) is 13.3. The lowest BCUT2D eigenvalue weighted by molar-refractivity contribution is 0.627. The second-order valence-corrected chi connectivity index (χ2v) is 6.09. The Morgan fingerprint density at radius 1 is 0.926 bits per heavy atom. The molecule has 0 N–H and O–H groups in total. The van der Waals surface area contributed by atoms with Gasteiger partial charge in [-0.25, -0.2) is 14.1 Å². The van der Waals surface area contributed by atoms with Crippen LogP contribution in [-0.4, -0.2) is 21.3 Å². The number of rotatable bonds is 5. The molecule has 0 spiro atoms. The van der Waals surface area contributed by atoms with Crippen molar-refractivity contribution in [2.24, 2.45) is 0 Å². The maximum Gasteiger partial charge on any atom is 0.133 e. The summed E-state index contributed by atoms with van der Waals surface area (Å²) in [6, 6.07) is 22.4. The first-order valence-electron chi connectivity index (χ1n) is 8.85. The molecule has 4 nitrogen and oxygen atoms in total. The molecule has 0 aliphatic carbocycles. The molecule has 0 saturated heterocycles. The van der Waals surface area contributed by atoms with Crippen LogP contribution in [0.25, 0.3) is 16.9 Å². The van der Waals surface area contributed by atoms with Crippen molar-refractivity contribution in [1.29, 1.82) is 0 Å². The summed E-state index contributed by atoms with van der Waals surface area (Å²) < 4.78 is 15.1. The summed E-state index contributed by atoms with van der Waals surface area (Å²) in [6.45, 7) is 2.90. The highest BCUT2D eigenvalue weighted by Crippen LogP contribution is 2.28. The Hall–Kier alpha value is -3.47. The molecule has 2 heterocycles. The maximum absolute atomic E-state index is 13.3. The molecule has 4 rings (SSSR count). The Labute approximate surface area is 157 Å². The molecular formula is C22H19FN4. The summed E-state index contributed by atoms with van der Waals surface area (Å²) in [5.41, 5.74) is 3.83. The zero-order valence-electron chi connectivity index (χ0n) is 15.0. The number of aromatic nitrogens is 3. The summed E-state index contributed by atoms with van der Waals surface area (Å²) in [7, 11) is 0. The van der Waals surface area contributed by atoms with Gasteiger partial charge >= 0.3 is 0 Å². The molecule has 27 heavy (non-hydrogen) atoms. The standard InChI is InChI=1S/C22H19FN4/c1-2-26(19-6-4-3-5-7-19)22-16-17(12-14-24-22)21-13-15-25-27(21)20-10-8-18(23)9-11-20/h3-16H,2H2,1H3. The average molecular weight is 358 g/mol. The van der Waals surface area contributed by atoms with Crippen molar-refractivity contribution in [3.05, 3.63) is 91.0 Å². The summed E-state index contributed by atoms with van der Waals surface area (Å²) in [4.78, 5) is 6.71. The molecule has 0 aliphatic rings. The second kappa shape index (κ2) is 7.41. The zero-order chi connectivity index (χ0) is 18.6. The van der Waals surface area contributed by atoms with Crippen LogP contribution in [0.5, 0.6) is 0 Å². The molecule has 0 atom stereocenters. The van der Waals surface area contributed by atoms with E-state index in [1.807, 2.05) is 36.4 Å². The Bertz CT molecular complexity index is 1030. The quantitative estimate of drug-likeness (QED) is 0.490. The topological polar surface area (TPSA) is 34.0 Å². The predicted octanol–water partition coefficient (Wildman–Crippen LogP) is 5.23. The van der Waals surface area contributed by atoms with Crippen LogP contribution in [0.1, 0.15) is 6.92 Å². The highest BCUT2D eigenvalue weighted by molar-refractivity contribution is 5.68. The van der Waals surface area contributed by atoms with Crippen LogP contribution in [0.4, 0.5) is 15.9 Å². The van der Waals surface area contributed by atoms with Crippen molar-refractivity contribution in [3.63, 3.8) is 0 Å². The number of hydrogen-bond acceptors (Lipinski definition) is 3. The first kappa shape index (κ1) is 17.0. The van der Waals surface area contributed by atoms with Crippen molar-refractivity contribution in [2.45, 2.75) is 6.92 Å². The SMILES string of the molecule is CCN(c1ccccc1)c1cc(-c2ccnn2-c2ccc(F)cc2)ccn1. The number of para-hydroxylation sites is 1. The lowest BCUT2D eigenvalue weighted by Gasteiger charge is -2.22. The fourth-order valence-electron chi connectivity index (χ4n) is 3.12. The highest BCUT2D eigenvalue weighted by Gasteiger charge is 2.12. The van der Waals surface area contributed by atoms with E-state index in [0.717, 1.165) is 35.0 Å². The minimum atomic E-state index is -0.264. The molecule has 0 unspecified atom stereocenters. The zero-order valence-corrected chi connectivity index (χ0v) is 15.0. The van der Waals surface area contributed by atoms with E-state index in [-0.39, 0.29) is 5.82 Å². The highest BCUT2D eigenvalue weighted by atomic mass is 19.1. The number of pyridine rings is 1. The molecule has 0 bridgehead atoms. The molecule has 0 saturated carbocycles. The summed E-state index contributed by atoms with van der Waals surface area (Å²) in [5.74, 6) is 0.605. The molecular weight excluding hydrogens is 339 g/mol. The Kier molecular flexibility index (Phi) is 4.66. The van der Waals surface area contributed by atoms with Gasteiger partial charge in [0.25, 0.3) is 0 Å². The van der Waals surface area contributed by atoms with Gasteiger partial charge in [-0.2, -0.15) is 5.10 Å². The van der Waals surface area contributed by atoms with E-state index in [1.165, 1.54) is 12.1 Å². The lowest BCUT2D eigenvalue weighted by atomic mass is 10.1. The van der Waals surface area contributed by atoms with E-state index in [4.69, 9.17) is 0 Å². The molecule has 4 aromatic rings. The summed E-state index contributed by atoms with van der Waals surface area (Å²) >= 11 is 0. The molecule has 2 aromatic heterocycles. The number of anilines is 2. The predicted molar refractivity (Wildman–Crippen MR) is 106 cm³/mol. The number of halogens is 1. The van der Waals surface area contributed by atoms with Gasteiger partial charge in [0.1, 0.15) is 11.6 Å². The number of nitrogens with zero attached hydrogens (tertiary/aromatic N) is 4. The molecule has 0 amide bonds. The van der Waals surface area contributed by atoms with Gasteiger partial charge < -0.3 is 4.90 Å². The van der Waals surface area contributed by atoms with Gasteiger partial charge in [-0.3, -0.25) is 0 Å². The first-order valence-corrected chi connectivity index (χ1v) is 8.85. The fraction of sp³-hybridized carbons (Fsp3) is 0.0909. The summed E-state index contributed by atoms with van der Waals surface area (Å²) in [5, 5.41) is 4.41. The van der Waals surface area contributed by atoms with Crippen LogP contribution >= 0.6 is 0 Å². The van der Waals surface area contributed by atoms with E-state index >= 15 is 0 Å². The van der Waals surface area contributed by atoms with Crippen molar-refractivity contribution >= 4 is 11.5 Å². The van der Waals surface area contributed by atoms with Crippen molar-refractivity contribution in [3.8, 4) is 16.9 Å². The van der Waals surface area contributed by atoms with Gasteiger partial charge in [-0.15, -0.1) is 0 Å². The van der Waals surface area contributed by atoms with E-state index in [2.05, 4.69) is 34.0 Å². The van der Waals surface area contributed by atoms with Crippen molar-refractivity contribution in [2.75, 3.05) is 11.4 Å². The summed E-state index contributed by atoms with van der Waals surface area (Å²) in [6.07, 6.45) is 3.55. The number of hydrogen-bond donors (Lipinski definition) is 0. The van der Waals surface area contributed by atoms with Gasteiger partial charge in [0.2, 0.25) is 0 Å². The van der Waals surface area contributed by atoms with Crippen LogP contribution in [0.2, 0.25) is 0 Å². The van der Waals surface area contributed by atoms with Crippen LogP contribution in [0.15, 0.2) is 85.2 Å². The second-order valence-electron chi connectivity index (χ2n) is 6.09. The Morgan fingerprint density at radius 2 is 1.70 bits per heavy atom. The average Bonchev–Trinajstić information content (AvgIpc) is 3.20. The van der Waals surface area contributed by atoms with Crippen molar-refractivity contribution in [1.82, 2.24) is 14.8 Å². The number of benzene rings is 2. The fourth-order valence-corrected chi connectivity index (χ4v) is 3.12. The molecule has 5 heteroatoms. The van der Waals surface area contributed by atoms with Crippen LogP contribution < -0.4 is 4.90 Å². The third-order valence-electron chi connectivity index (χ3n) is 4.42. The third kappa shape index (κ3) is 3.44. The minimum Gasteiger partial charge on any atom is -0.327 e. The Morgan fingerprint density at radius 3 is 2.44 bits per heavy atom. The normalized spacial score (nSPS) is 10.7. The molecule has 0 radical (unpaired) electrons. The monoisotopic (exact) mass is 358 g/mol. The maximum atomic E-state index is 13.3. The smallest absolute Gasteiger partial charge is 0.133 e. The molecule has 2 aromatic carbocycles. The Balaban J connectivity index is 1.74. The van der Waals surface area contributed by atoms with Crippen molar-refractivity contribution < 1.29 is 4.39 Å². The molecule has 134 valence electrons. The van der Waals surface area contributed by atoms with E-state index in [9.17, 15) is 4.39 Å². The minimum absolute atomic E-state index is 0.264. The van der Waals surface area contributed by atoms with Crippen LogP contribution in [0.3, 0.4) is 0 Å². The molecule has 0 fully saturated rings. The van der Waals surface area contributed by atoms with Gasteiger partial charge in [-0.05, 0) is 61.5 Å². The van der Waals surface area contributed by atoms with Gasteiger partial charge in [-0.1, -0.05) is 18.2 Å². The third-order valence-corrected chi connectivity index (χ3v) is 4.42. The van der Waals surface area contributed by atoms with E-state index in [1.54, 1.807) is 29.2 Å².